The van der Waals surface area contributed by atoms with Gasteiger partial charge in [-0.2, -0.15) is 0 Å². The molecule has 2 rings (SSSR count). The van der Waals surface area contributed by atoms with E-state index in [0.717, 1.165) is 32.4 Å². The van der Waals surface area contributed by atoms with E-state index in [1.165, 1.54) is 37.7 Å². The standard InChI is InChI=1S/C21H34N2O/c1-23(2)17-11-16-22-20(24)18-21(19-12-7-6-8-13-19)14-9-4-3-5-10-15-21/h6-8,12-13H,3-5,9-11,14-18H2,1-2H3,(H,22,24). The summed E-state index contributed by atoms with van der Waals surface area (Å²) in [7, 11) is 4.14. The van der Waals surface area contributed by atoms with Gasteiger partial charge in [0.05, 0.1) is 0 Å². The second-order valence-electron chi connectivity index (χ2n) is 7.60. The van der Waals surface area contributed by atoms with Crippen LogP contribution in [0.25, 0.3) is 0 Å². The molecular weight excluding hydrogens is 296 g/mol. The van der Waals surface area contributed by atoms with Gasteiger partial charge in [-0.1, -0.05) is 62.4 Å². The molecule has 0 bridgehead atoms. The van der Waals surface area contributed by atoms with Crippen LogP contribution >= 0.6 is 0 Å². The highest BCUT2D eigenvalue weighted by atomic mass is 16.1. The van der Waals surface area contributed by atoms with E-state index in [-0.39, 0.29) is 11.3 Å². The van der Waals surface area contributed by atoms with Crippen LogP contribution in [-0.4, -0.2) is 38.0 Å². The fraction of sp³-hybridized carbons (Fsp3) is 0.667. The van der Waals surface area contributed by atoms with Gasteiger partial charge in [0.25, 0.3) is 0 Å². The highest BCUT2D eigenvalue weighted by molar-refractivity contribution is 5.77. The molecule has 3 heteroatoms. The lowest BCUT2D eigenvalue weighted by Gasteiger charge is -2.36. The summed E-state index contributed by atoms with van der Waals surface area (Å²) in [6.45, 7) is 1.80. The molecule has 0 atom stereocenters. The molecule has 1 aromatic carbocycles. The topological polar surface area (TPSA) is 32.3 Å². The van der Waals surface area contributed by atoms with Crippen molar-refractivity contribution in [2.75, 3.05) is 27.2 Å². The highest BCUT2D eigenvalue weighted by Crippen LogP contribution is 2.40. The summed E-state index contributed by atoms with van der Waals surface area (Å²) in [4.78, 5) is 14.8. The first-order valence-corrected chi connectivity index (χ1v) is 9.59. The fourth-order valence-corrected chi connectivity index (χ4v) is 3.93. The number of carbonyl (C=O) groups excluding carboxylic acids is 1. The zero-order chi connectivity index (χ0) is 17.3. The second kappa shape index (κ2) is 9.83. The monoisotopic (exact) mass is 330 g/mol. The zero-order valence-corrected chi connectivity index (χ0v) is 15.5. The molecule has 1 amide bonds. The van der Waals surface area contributed by atoms with Crippen LogP contribution in [0.3, 0.4) is 0 Å². The lowest BCUT2D eigenvalue weighted by atomic mass is 9.69. The van der Waals surface area contributed by atoms with Gasteiger partial charge in [-0.15, -0.1) is 0 Å². The van der Waals surface area contributed by atoms with E-state index in [4.69, 9.17) is 0 Å². The minimum atomic E-state index is 0.0350. The number of benzene rings is 1. The Morgan fingerprint density at radius 3 is 2.29 bits per heavy atom. The Hall–Kier alpha value is -1.35. The van der Waals surface area contributed by atoms with E-state index in [1.54, 1.807) is 0 Å². The number of nitrogens with zero attached hydrogens (tertiary/aromatic N) is 1. The van der Waals surface area contributed by atoms with E-state index in [1.807, 2.05) is 0 Å². The molecule has 1 fully saturated rings. The Kier molecular flexibility index (Phi) is 7.77. The number of hydrogen-bond acceptors (Lipinski definition) is 2. The normalized spacial score (nSPS) is 18.0. The van der Waals surface area contributed by atoms with Crippen LogP contribution < -0.4 is 5.32 Å². The number of amides is 1. The van der Waals surface area contributed by atoms with Crippen LogP contribution in [0.5, 0.6) is 0 Å². The molecule has 0 aromatic heterocycles. The minimum absolute atomic E-state index is 0.0350. The minimum Gasteiger partial charge on any atom is -0.356 e. The Morgan fingerprint density at radius 1 is 1.04 bits per heavy atom. The van der Waals surface area contributed by atoms with Crippen molar-refractivity contribution in [2.24, 2.45) is 0 Å². The van der Waals surface area contributed by atoms with Gasteiger partial charge in [0.2, 0.25) is 5.91 Å². The van der Waals surface area contributed by atoms with Crippen molar-refractivity contribution < 1.29 is 4.79 Å². The first-order valence-electron chi connectivity index (χ1n) is 9.59. The van der Waals surface area contributed by atoms with Crippen molar-refractivity contribution in [3.05, 3.63) is 35.9 Å². The van der Waals surface area contributed by atoms with E-state index in [0.29, 0.717) is 6.42 Å². The fourth-order valence-electron chi connectivity index (χ4n) is 3.93. The largest absolute Gasteiger partial charge is 0.356 e. The maximum Gasteiger partial charge on any atom is 0.220 e. The number of carbonyl (C=O) groups is 1. The molecule has 1 saturated carbocycles. The van der Waals surface area contributed by atoms with Crippen LogP contribution in [0.2, 0.25) is 0 Å². The quantitative estimate of drug-likeness (QED) is 0.763. The van der Waals surface area contributed by atoms with Crippen molar-refractivity contribution in [3.63, 3.8) is 0 Å². The Balaban J connectivity index is 2.01. The molecule has 1 N–H and O–H groups in total. The molecular formula is C21H34N2O. The molecule has 1 aromatic rings. The molecule has 0 heterocycles. The average Bonchev–Trinajstić information content (AvgIpc) is 2.55. The van der Waals surface area contributed by atoms with Gasteiger partial charge in [-0.05, 0) is 45.5 Å². The highest BCUT2D eigenvalue weighted by Gasteiger charge is 2.34. The molecule has 0 unspecified atom stereocenters. The van der Waals surface area contributed by atoms with Crippen LogP contribution in [0, 0.1) is 0 Å². The third kappa shape index (κ3) is 5.94. The van der Waals surface area contributed by atoms with Gasteiger partial charge >= 0.3 is 0 Å². The summed E-state index contributed by atoms with van der Waals surface area (Å²) in [6, 6.07) is 10.7. The van der Waals surface area contributed by atoms with Crippen molar-refractivity contribution in [1.82, 2.24) is 10.2 Å². The van der Waals surface area contributed by atoms with Crippen molar-refractivity contribution in [1.29, 1.82) is 0 Å². The Labute approximate surface area is 147 Å². The number of rotatable bonds is 7. The lowest BCUT2D eigenvalue weighted by Crippen LogP contribution is -2.36. The molecule has 24 heavy (non-hydrogen) atoms. The van der Waals surface area contributed by atoms with Crippen molar-refractivity contribution in [2.45, 2.75) is 63.2 Å². The predicted octanol–water partition coefficient (Wildman–Crippen LogP) is 4.13. The van der Waals surface area contributed by atoms with Gasteiger partial charge in [0.15, 0.2) is 0 Å². The molecule has 1 aliphatic rings. The maximum absolute atomic E-state index is 12.6. The number of hydrogen-bond donors (Lipinski definition) is 1. The Morgan fingerprint density at radius 2 is 1.67 bits per heavy atom. The summed E-state index contributed by atoms with van der Waals surface area (Å²) in [5, 5.41) is 3.15. The summed E-state index contributed by atoms with van der Waals surface area (Å²) in [5.41, 5.74) is 1.39. The molecule has 134 valence electrons. The van der Waals surface area contributed by atoms with Crippen molar-refractivity contribution >= 4 is 5.91 Å². The summed E-state index contributed by atoms with van der Waals surface area (Å²) < 4.78 is 0. The van der Waals surface area contributed by atoms with Gasteiger partial charge in [-0.25, -0.2) is 0 Å². The predicted molar refractivity (Wildman–Crippen MR) is 101 cm³/mol. The average molecular weight is 331 g/mol. The van der Waals surface area contributed by atoms with Crippen molar-refractivity contribution in [3.8, 4) is 0 Å². The molecule has 0 aliphatic heterocycles. The SMILES string of the molecule is CN(C)CCCNC(=O)CC1(c2ccccc2)CCCCCCC1. The lowest BCUT2D eigenvalue weighted by molar-refractivity contribution is -0.122. The molecule has 3 nitrogen and oxygen atoms in total. The second-order valence-corrected chi connectivity index (χ2v) is 7.60. The smallest absolute Gasteiger partial charge is 0.220 e. The first kappa shape index (κ1) is 19.0. The van der Waals surface area contributed by atoms with E-state index in [2.05, 4.69) is 54.6 Å². The Bertz CT molecular complexity index is 476. The van der Waals surface area contributed by atoms with Gasteiger partial charge in [0, 0.05) is 18.4 Å². The van der Waals surface area contributed by atoms with Crippen LogP contribution in [0.1, 0.15) is 63.4 Å². The van der Waals surface area contributed by atoms with Gasteiger partial charge < -0.3 is 10.2 Å². The molecule has 0 saturated heterocycles. The maximum atomic E-state index is 12.6. The molecule has 1 aliphatic carbocycles. The van der Waals surface area contributed by atoms with Gasteiger partial charge in [0.1, 0.15) is 0 Å². The number of nitrogens with one attached hydrogen (secondary N) is 1. The van der Waals surface area contributed by atoms with E-state index in [9.17, 15) is 4.79 Å². The van der Waals surface area contributed by atoms with E-state index < -0.39 is 0 Å². The first-order chi connectivity index (χ1) is 11.6. The third-order valence-electron chi connectivity index (χ3n) is 5.30. The van der Waals surface area contributed by atoms with E-state index >= 15 is 0 Å². The summed E-state index contributed by atoms with van der Waals surface area (Å²) in [5.74, 6) is 0.221. The molecule has 0 radical (unpaired) electrons. The summed E-state index contributed by atoms with van der Waals surface area (Å²) >= 11 is 0. The summed E-state index contributed by atoms with van der Waals surface area (Å²) in [6.07, 6.45) is 10.4. The van der Waals surface area contributed by atoms with Crippen LogP contribution in [0.15, 0.2) is 30.3 Å². The third-order valence-corrected chi connectivity index (χ3v) is 5.30. The van der Waals surface area contributed by atoms with Gasteiger partial charge in [-0.3, -0.25) is 4.79 Å². The zero-order valence-electron chi connectivity index (χ0n) is 15.5. The van der Waals surface area contributed by atoms with Crippen LogP contribution in [-0.2, 0) is 10.2 Å². The molecule has 0 spiro atoms. The van der Waals surface area contributed by atoms with Crippen LogP contribution in [0.4, 0.5) is 0 Å².